The van der Waals surface area contributed by atoms with Gasteiger partial charge in [-0.2, -0.15) is 0 Å². The van der Waals surface area contributed by atoms with Crippen LogP contribution >= 0.6 is 23.2 Å². The van der Waals surface area contributed by atoms with Crippen LogP contribution in [0.3, 0.4) is 0 Å². The predicted molar refractivity (Wildman–Crippen MR) is 191 cm³/mol. The molecule has 3 aromatic carbocycles. The van der Waals surface area contributed by atoms with Gasteiger partial charge in [0.05, 0.1) is 10.0 Å². The third-order valence-electron chi connectivity index (χ3n) is 9.70. The van der Waals surface area contributed by atoms with Crippen molar-refractivity contribution in [2.75, 3.05) is 11.9 Å². The summed E-state index contributed by atoms with van der Waals surface area (Å²) in [7, 11) is 0. The second kappa shape index (κ2) is 12.9. The standard InChI is InChI=1S/C40H42Cl2N2O4/c1-23-12-13-27(14-24(23)2)43-34(47)22-48-38-28(41)15-26(16-29(38)42)35-36-30(17-39(3,4)19-32(36)45)44(21-25-10-8-7-9-11-25)31-18-40(5,6)20-33(46)37(31)35/h7-16,35H,17-22H2,1-6H3,(H,43,47). The molecular weight excluding hydrogens is 643 g/mol. The number of hydrogen-bond acceptors (Lipinski definition) is 5. The molecule has 6 nitrogen and oxygen atoms in total. The molecule has 0 spiro atoms. The number of carbonyl (C=O) groups is 3. The van der Waals surface area contributed by atoms with Crippen molar-refractivity contribution in [3.05, 3.63) is 116 Å². The molecule has 0 bridgehead atoms. The predicted octanol–water partition coefficient (Wildman–Crippen LogP) is 9.51. The fourth-order valence-corrected chi connectivity index (χ4v) is 7.99. The fourth-order valence-electron chi connectivity index (χ4n) is 7.38. The molecule has 3 aromatic rings. The maximum absolute atomic E-state index is 14.2. The molecule has 0 radical (unpaired) electrons. The molecule has 0 fully saturated rings. The summed E-state index contributed by atoms with van der Waals surface area (Å²) in [5.74, 6) is -0.718. The summed E-state index contributed by atoms with van der Waals surface area (Å²) in [5.41, 5.74) is 7.37. The molecule has 0 saturated carbocycles. The topological polar surface area (TPSA) is 75.7 Å². The molecule has 6 rings (SSSR count). The van der Waals surface area contributed by atoms with Crippen LogP contribution in [-0.2, 0) is 20.9 Å². The Labute approximate surface area is 293 Å². The van der Waals surface area contributed by atoms with Crippen molar-refractivity contribution in [3.63, 3.8) is 0 Å². The molecule has 48 heavy (non-hydrogen) atoms. The number of allylic oxidation sites excluding steroid dienone is 4. The zero-order chi connectivity index (χ0) is 34.5. The van der Waals surface area contributed by atoms with Gasteiger partial charge in [0.1, 0.15) is 0 Å². The highest BCUT2D eigenvalue weighted by Gasteiger charge is 2.49. The number of anilines is 1. The van der Waals surface area contributed by atoms with Crippen molar-refractivity contribution >= 4 is 46.4 Å². The van der Waals surface area contributed by atoms with E-state index in [1.807, 2.05) is 50.2 Å². The molecule has 0 saturated heterocycles. The van der Waals surface area contributed by atoms with Crippen molar-refractivity contribution in [2.24, 2.45) is 10.8 Å². The number of nitrogens with zero attached hydrogens (tertiary/aromatic N) is 1. The molecule has 8 heteroatoms. The number of ether oxygens (including phenoxy) is 1. The molecule has 0 aromatic heterocycles. The number of Topliss-reactive ketones (excluding diaryl/α,β-unsaturated/α-hetero) is 2. The Hall–Kier alpha value is -3.87. The van der Waals surface area contributed by atoms with Gasteiger partial charge in [0, 0.05) is 53.5 Å². The average Bonchev–Trinajstić information content (AvgIpc) is 2.98. The summed E-state index contributed by atoms with van der Waals surface area (Å²) in [6, 6.07) is 19.3. The van der Waals surface area contributed by atoms with Gasteiger partial charge in [0.2, 0.25) is 0 Å². The third kappa shape index (κ3) is 6.83. The van der Waals surface area contributed by atoms with Crippen molar-refractivity contribution < 1.29 is 19.1 Å². The Bertz CT molecular complexity index is 1810. The summed E-state index contributed by atoms with van der Waals surface area (Å²) in [6.45, 7) is 12.8. The molecule has 3 aliphatic rings. The highest BCUT2D eigenvalue weighted by molar-refractivity contribution is 6.37. The van der Waals surface area contributed by atoms with E-state index in [4.69, 9.17) is 27.9 Å². The summed E-state index contributed by atoms with van der Waals surface area (Å²) in [6.07, 6.45) is 2.15. The van der Waals surface area contributed by atoms with E-state index >= 15 is 0 Å². The van der Waals surface area contributed by atoms with Crippen LogP contribution in [0.25, 0.3) is 0 Å². The highest BCUT2D eigenvalue weighted by Crippen LogP contribution is 2.55. The van der Waals surface area contributed by atoms with Gasteiger partial charge in [-0.25, -0.2) is 0 Å². The average molecular weight is 686 g/mol. The lowest BCUT2D eigenvalue weighted by Crippen LogP contribution is -2.44. The van der Waals surface area contributed by atoms with Gasteiger partial charge in [-0.05, 0) is 84.0 Å². The van der Waals surface area contributed by atoms with E-state index in [1.54, 1.807) is 12.1 Å². The number of rotatable bonds is 7. The number of benzene rings is 3. The van der Waals surface area contributed by atoms with Crippen LogP contribution in [0.2, 0.25) is 10.0 Å². The van der Waals surface area contributed by atoms with E-state index < -0.39 is 5.92 Å². The molecule has 1 heterocycles. The molecule has 2 aliphatic carbocycles. The molecular formula is C40H42Cl2N2O4. The number of nitrogens with one attached hydrogen (secondary N) is 1. The lowest BCUT2D eigenvalue weighted by atomic mass is 9.63. The van der Waals surface area contributed by atoms with E-state index in [1.165, 1.54) is 0 Å². The Morgan fingerprint density at radius 3 is 1.92 bits per heavy atom. The normalized spacial score (nSPS) is 18.9. The van der Waals surface area contributed by atoms with Crippen LogP contribution in [0.4, 0.5) is 5.69 Å². The Kier molecular flexibility index (Phi) is 9.12. The second-order valence-corrected chi connectivity index (χ2v) is 15.9. The monoisotopic (exact) mass is 684 g/mol. The van der Waals surface area contributed by atoms with Crippen LogP contribution < -0.4 is 10.1 Å². The number of halogens is 2. The Morgan fingerprint density at radius 2 is 1.38 bits per heavy atom. The van der Waals surface area contributed by atoms with Crippen molar-refractivity contribution in [2.45, 2.75) is 79.7 Å². The van der Waals surface area contributed by atoms with Crippen molar-refractivity contribution in [1.29, 1.82) is 0 Å². The highest BCUT2D eigenvalue weighted by atomic mass is 35.5. The number of carbonyl (C=O) groups excluding carboxylic acids is 3. The lowest BCUT2D eigenvalue weighted by molar-refractivity contribution is -0.120. The molecule has 0 unspecified atom stereocenters. The van der Waals surface area contributed by atoms with Gasteiger partial charge in [-0.15, -0.1) is 0 Å². The van der Waals surface area contributed by atoms with E-state index in [0.29, 0.717) is 54.6 Å². The summed E-state index contributed by atoms with van der Waals surface area (Å²) >= 11 is 13.7. The smallest absolute Gasteiger partial charge is 0.262 e. The van der Waals surface area contributed by atoms with E-state index in [9.17, 15) is 14.4 Å². The fraction of sp³-hybridized carbons (Fsp3) is 0.375. The number of ketones is 2. The maximum Gasteiger partial charge on any atom is 0.262 e. The van der Waals surface area contributed by atoms with E-state index in [-0.39, 0.29) is 50.7 Å². The molecule has 1 aliphatic heterocycles. The summed E-state index contributed by atoms with van der Waals surface area (Å²) in [4.78, 5) is 43.4. The Morgan fingerprint density at radius 1 is 0.812 bits per heavy atom. The number of amides is 1. The largest absolute Gasteiger partial charge is 0.481 e. The second-order valence-electron chi connectivity index (χ2n) is 15.1. The maximum atomic E-state index is 14.2. The van der Waals surface area contributed by atoms with Gasteiger partial charge in [-0.1, -0.05) is 87.3 Å². The first kappa shape index (κ1) is 34.0. The first-order chi connectivity index (χ1) is 22.6. The minimum atomic E-state index is -0.605. The first-order valence-electron chi connectivity index (χ1n) is 16.5. The SMILES string of the molecule is Cc1ccc(NC(=O)COc2c(Cl)cc(C3C4=C(CC(C)(C)CC4=O)N(Cc4ccccc4)C4=C3C(=O)CC(C)(C)C4)cc2Cl)cc1C. The zero-order valence-corrected chi connectivity index (χ0v) is 29.9. The van der Waals surface area contributed by atoms with Crippen LogP contribution in [0.1, 0.15) is 81.5 Å². The first-order valence-corrected chi connectivity index (χ1v) is 17.2. The molecule has 0 atom stereocenters. The van der Waals surface area contributed by atoms with E-state index in [2.05, 4.69) is 50.0 Å². The van der Waals surface area contributed by atoms with Gasteiger partial charge in [0.15, 0.2) is 23.9 Å². The minimum absolute atomic E-state index is 0.0316. The minimum Gasteiger partial charge on any atom is -0.481 e. The van der Waals surface area contributed by atoms with Crippen molar-refractivity contribution in [1.82, 2.24) is 4.90 Å². The van der Waals surface area contributed by atoms with Crippen LogP contribution in [0.15, 0.2) is 83.2 Å². The van der Waals surface area contributed by atoms with Crippen LogP contribution in [0, 0.1) is 24.7 Å². The van der Waals surface area contributed by atoms with Gasteiger partial charge >= 0.3 is 0 Å². The van der Waals surface area contributed by atoms with Crippen LogP contribution in [0.5, 0.6) is 5.75 Å². The van der Waals surface area contributed by atoms with Gasteiger partial charge < -0.3 is 15.0 Å². The summed E-state index contributed by atoms with van der Waals surface area (Å²) in [5, 5.41) is 3.26. The number of aryl methyl sites for hydroxylation is 2. The van der Waals surface area contributed by atoms with Crippen LogP contribution in [-0.4, -0.2) is 29.0 Å². The summed E-state index contributed by atoms with van der Waals surface area (Å²) < 4.78 is 5.85. The van der Waals surface area contributed by atoms with E-state index in [0.717, 1.165) is 28.1 Å². The zero-order valence-electron chi connectivity index (χ0n) is 28.4. The lowest BCUT2D eigenvalue weighted by Gasteiger charge is -2.49. The molecule has 250 valence electrons. The van der Waals surface area contributed by atoms with Crippen molar-refractivity contribution in [3.8, 4) is 5.75 Å². The molecule has 1 amide bonds. The third-order valence-corrected chi connectivity index (χ3v) is 10.3. The van der Waals surface area contributed by atoms with Gasteiger partial charge in [0.25, 0.3) is 5.91 Å². The van der Waals surface area contributed by atoms with Gasteiger partial charge in [-0.3, -0.25) is 14.4 Å². The Balaban J connectivity index is 1.39. The quantitative estimate of drug-likeness (QED) is 0.268. The number of hydrogen-bond donors (Lipinski definition) is 1. The molecule has 1 N–H and O–H groups in total.